The maximum Gasteiger partial charge on any atom is 0.270 e. The molecule has 0 aliphatic carbocycles. The van der Waals surface area contributed by atoms with Gasteiger partial charge < -0.3 is 9.64 Å². The number of pyridine rings is 1. The molecule has 2 aliphatic rings. The zero-order chi connectivity index (χ0) is 21.8. The molecule has 2 aliphatic heterocycles. The summed E-state index contributed by atoms with van der Waals surface area (Å²) >= 11 is 6.70. The van der Waals surface area contributed by atoms with E-state index in [1.807, 2.05) is 6.92 Å². The number of nitrogens with zero attached hydrogens (tertiary/aromatic N) is 4. The van der Waals surface area contributed by atoms with Crippen LogP contribution in [0.15, 0.2) is 9.70 Å². The molecular formula is C21H26N4O3S2. The molecule has 1 aromatic heterocycles. The Balaban J connectivity index is 2.17. The fraction of sp³-hybridized carbons (Fsp3) is 0.524. The number of morpholine rings is 1. The van der Waals surface area contributed by atoms with Gasteiger partial charge in [0.1, 0.15) is 21.8 Å². The molecule has 2 fully saturated rings. The maximum atomic E-state index is 13.0. The number of carbonyl (C=O) groups is 1. The predicted molar refractivity (Wildman–Crippen MR) is 124 cm³/mol. The molecular weight excluding hydrogens is 420 g/mol. The van der Waals surface area contributed by atoms with E-state index in [0.29, 0.717) is 54.2 Å². The van der Waals surface area contributed by atoms with Crippen molar-refractivity contribution in [3.8, 4) is 6.07 Å². The quantitative estimate of drug-likeness (QED) is 0.491. The van der Waals surface area contributed by atoms with Crippen molar-refractivity contribution in [1.29, 1.82) is 5.26 Å². The minimum absolute atomic E-state index is 0.112. The smallest absolute Gasteiger partial charge is 0.270 e. The SMILES string of the molecule is CCCCN1C(=O)C(=Cc2c(C)c(C#N)c(=O)n(CC)c2N2CCOCC2)SC1=S. The lowest BCUT2D eigenvalue weighted by atomic mass is 10.0. The van der Waals surface area contributed by atoms with E-state index in [-0.39, 0.29) is 17.0 Å². The highest BCUT2D eigenvalue weighted by atomic mass is 32.2. The summed E-state index contributed by atoms with van der Waals surface area (Å²) in [5, 5.41) is 9.62. The van der Waals surface area contributed by atoms with E-state index < -0.39 is 0 Å². The lowest BCUT2D eigenvalue weighted by Gasteiger charge is -2.33. The van der Waals surface area contributed by atoms with Crippen molar-refractivity contribution < 1.29 is 9.53 Å². The highest BCUT2D eigenvalue weighted by Crippen LogP contribution is 2.36. The van der Waals surface area contributed by atoms with Crippen LogP contribution in [-0.2, 0) is 16.1 Å². The fourth-order valence-electron chi connectivity index (χ4n) is 3.69. The molecule has 0 bridgehead atoms. The van der Waals surface area contributed by atoms with E-state index in [2.05, 4.69) is 17.9 Å². The van der Waals surface area contributed by atoms with E-state index in [1.165, 1.54) is 11.8 Å². The first-order valence-electron chi connectivity index (χ1n) is 10.2. The summed E-state index contributed by atoms with van der Waals surface area (Å²) in [7, 11) is 0. The highest BCUT2D eigenvalue weighted by molar-refractivity contribution is 8.26. The Morgan fingerprint density at radius 1 is 1.27 bits per heavy atom. The van der Waals surface area contributed by atoms with E-state index in [4.69, 9.17) is 17.0 Å². The number of aromatic nitrogens is 1. The number of ether oxygens (including phenoxy) is 1. The van der Waals surface area contributed by atoms with Gasteiger partial charge >= 0.3 is 0 Å². The van der Waals surface area contributed by atoms with E-state index in [1.54, 1.807) is 22.5 Å². The maximum absolute atomic E-state index is 13.0. The molecule has 0 atom stereocenters. The minimum atomic E-state index is -0.299. The molecule has 3 rings (SSSR count). The van der Waals surface area contributed by atoms with Crippen LogP contribution in [0.3, 0.4) is 0 Å². The summed E-state index contributed by atoms with van der Waals surface area (Å²) in [6, 6.07) is 2.06. The van der Waals surface area contributed by atoms with Gasteiger partial charge in [-0.15, -0.1) is 0 Å². The van der Waals surface area contributed by atoms with Gasteiger partial charge in [0.15, 0.2) is 0 Å². The number of anilines is 1. The van der Waals surface area contributed by atoms with Crippen molar-refractivity contribution in [3.63, 3.8) is 0 Å². The average Bonchev–Trinajstić information content (AvgIpc) is 3.01. The van der Waals surface area contributed by atoms with E-state index in [0.717, 1.165) is 24.2 Å². The van der Waals surface area contributed by atoms with Crippen LogP contribution in [0, 0.1) is 18.3 Å². The molecule has 160 valence electrons. The molecule has 0 radical (unpaired) electrons. The summed E-state index contributed by atoms with van der Waals surface area (Å²) in [6.45, 7) is 9.17. The summed E-state index contributed by atoms with van der Waals surface area (Å²) in [6.07, 6.45) is 3.66. The normalized spacial score (nSPS) is 18.4. The van der Waals surface area contributed by atoms with Gasteiger partial charge in [-0.25, -0.2) is 0 Å². The van der Waals surface area contributed by atoms with Crippen LogP contribution < -0.4 is 10.5 Å². The molecule has 30 heavy (non-hydrogen) atoms. The lowest BCUT2D eigenvalue weighted by molar-refractivity contribution is -0.122. The third-order valence-corrected chi connectivity index (χ3v) is 6.74. The number of hydrogen-bond acceptors (Lipinski definition) is 7. The number of unbranched alkanes of at least 4 members (excludes halogenated alkanes) is 1. The van der Waals surface area contributed by atoms with Crippen LogP contribution in [0.5, 0.6) is 0 Å². The third kappa shape index (κ3) is 4.17. The van der Waals surface area contributed by atoms with Crippen LogP contribution in [0.1, 0.15) is 43.4 Å². The van der Waals surface area contributed by atoms with Crippen LogP contribution in [0.25, 0.3) is 6.08 Å². The van der Waals surface area contributed by atoms with Crippen molar-refractivity contribution in [3.05, 3.63) is 31.9 Å². The van der Waals surface area contributed by atoms with Gasteiger partial charge in [0.2, 0.25) is 0 Å². The van der Waals surface area contributed by atoms with Crippen molar-refractivity contribution in [2.45, 2.75) is 40.2 Å². The fourth-order valence-corrected chi connectivity index (χ4v) is 4.98. The van der Waals surface area contributed by atoms with Gasteiger partial charge in [0.05, 0.1) is 18.1 Å². The molecule has 1 aromatic rings. The first-order valence-corrected chi connectivity index (χ1v) is 11.4. The number of nitriles is 1. The second kappa shape index (κ2) is 9.77. The Kier molecular flexibility index (Phi) is 7.34. The standard InChI is InChI=1S/C21H26N4O3S2/c1-4-6-7-25-20(27)17(30-21(25)29)12-15-14(3)16(13-22)19(26)24(5-2)18(15)23-8-10-28-11-9-23/h12H,4-11H2,1-3H3. The van der Waals surface area contributed by atoms with Gasteiger partial charge in [0, 0.05) is 31.7 Å². The van der Waals surface area contributed by atoms with Gasteiger partial charge in [-0.3, -0.25) is 19.1 Å². The number of thiocarbonyl (C=S) groups is 1. The summed E-state index contributed by atoms with van der Waals surface area (Å²) < 4.78 is 7.65. The largest absolute Gasteiger partial charge is 0.378 e. The van der Waals surface area contributed by atoms with Crippen molar-refractivity contribution in [2.75, 3.05) is 37.7 Å². The van der Waals surface area contributed by atoms with Crippen LogP contribution in [0.2, 0.25) is 0 Å². The second-order valence-corrected chi connectivity index (χ2v) is 8.86. The zero-order valence-corrected chi connectivity index (χ0v) is 19.2. The van der Waals surface area contributed by atoms with Gasteiger partial charge in [-0.05, 0) is 31.9 Å². The third-order valence-electron chi connectivity index (χ3n) is 5.36. The number of carbonyl (C=O) groups excluding carboxylic acids is 1. The van der Waals surface area contributed by atoms with Crippen molar-refractivity contribution in [1.82, 2.24) is 9.47 Å². The molecule has 3 heterocycles. The topological polar surface area (TPSA) is 78.6 Å². The second-order valence-electron chi connectivity index (χ2n) is 7.18. The Morgan fingerprint density at radius 2 is 1.97 bits per heavy atom. The Morgan fingerprint density at radius 3 is 2.57 bits per heavy atom. The Hall–Kier alpha value is -2.15. The molecule has 0 unspecified atom stereocenters. The zero-order valence-electron chi connectivity index (χ0n) is 17.6. The number of amides is 1. The Bertz CT molecular complexity index is 987. The van der Waals surface area contributed by atoms with E-state index >= 15 is 0 Å². The van der Waals surface area contributed by atoms with Crippen LogP contribution in [0.4, 0.5) is 5.82 Å². The Labute approximate surface area is 186 Å². The molecule has 0 spiro atoms. The van der Waals surface area contributed by atoms with Crippen LogP contribution >= 0.6 is 24.0 Å². The molecule has 2 saturated heterocycles. The summed E-state index contributed by atoms with van der Waals surface area (Å²) in [5.41, 5.74) is 1.13. The van der Waals surface area contributed by atoms with Crippen LogP contribution in [-0.4, -0.2) is 52.5 Å². The van der Waals surface area contributed by atoms with E-state index in [9.17, 15) is 14.9 Å². The summed E-state index contributed by atoms with van der Waals surface area (Å²) in [4.78, 5) is 30.2. The first-order chi connectivity index (χ1) is 14.4. The number of thioether (sulfide) groups is 1. The molecule has 0 saturated carbocycles. The molecule has 9 heteroatoms. The average molecular weight is 447 g/mol. The monoisotopic (exact) mass is 446 g/mol. The molecule has 0 aromatic carbocycles. The number of rotatable bonds is 6. The predicted octanol–water partition coefficient (Wildman–Crippen LogP) is 2.89. The van der Waals surface area contributed by atoms with Gasteiger partial charge in [-0.1, -0.05) is 37.3 Å². The van der Waals surface area contributed by atoms with Gasteiger partial charge in [0.25, 0.3) is 11.5 Å². The van der Waals surface area contributed by atoms with Crippen molar-refractivity contribution in [2.24, 2.45) is 0 Å². The minimum Gasteiger partial charge on any atom is -0.378 e. The highest BCUT2D eigenvalue weighted by Gasteiger charge is 2.33. The number of hydrogen-bond donors (Lipinski definition) is 0. The molecule has 1 amide bonds. The lowest BCUT2D eigenvalue weighted by Crippen LogP contribution is -2.41. The summed E-state index contributed by atoms with van der Waals surface area (Å²) in [5.74, 6) is 0.625. The molecule has 7 nitrogen and oxygen atoms in total. The van der Waals surface area contributed by atoms with Crippen molar-refractivity contribution >= 4 is 46.1 Å². The van der Waals surface area contributed by atoms with Gasteiger partial charge in [-0.2, -0.15) is 5.26 Å². The first kappa shape index (κ1) is 22.5. The molecule has 0 N–H and O–H groups in total.